The van der Waals surface area contributed by atoms with Gasteiger partial charge in [0, 0.05) is 17.8 Å². The molecular weight excluding hydrogens is 374 g/mol. The number of likely N-dealkylation sites (tertiary alicyclic amines) is 1. The smallest absolute Gasteiger partial charge is 0.261 e. The van der Waals surface area contributed by atoms with Crippen molar-refractivity contribution < 1.29 is 13.2 Å². The Hall–Kier alpha value is -2.38. The minimum atomic E-state index is -3.69. The fourth-order valence-electron chi connectivity index (χ4n) is 3.27. The molecule has 0 aromatic heterocycles. The van der Waals surface area contributed by atoms with Gasteiger partial charge in [-0.3, -0.25) is 9.52 Å². The van der Waals surface area contributed by atoms with Gasteiger partial charge < -0.3 is 10.2 Å². The van der Waals surface area contributed by atoms with E-state index in [0.29, 0.717) is 17.8 Å². The lowest BCUT2D eigenvalue weighted by atomic mass is 10.2. The van der Waals surface area contributed by atoms with Crippen molar-refractivity contribution in [1.29, 1.82) is 0 Å². The number of benzene rings is 2. The fourth-order valence-corrected chi connectivity index (χ4v) is 4.32. The molecule has 2 aromatic rings. The molecule has 7 heteroatoms. The number of amides is 1. The van der Waals surface area contributed by atoms with Gasteiger partial charge in [-0.2, -0.15) is 0 Å². The van der Waals surface area contributed by atoms with Crippen LogP contribution >= 0.6 is 0 Å². The Morgan fingerprint density at radius 2 is 1.79 bits per heavy atom. The summed E-state index contributed by atoms with van der Waals surface area (Å²) in [5.41, 5.74) is 1.79. The lowest BCUT2D eigenvalue weighted by Crippen LogP contribution is -2.28. The number of rotatable bonds is 8. The molecule has 0 unspecified atom stereocenters. The van der Waals surface area contributed by atoms with Gasteiger partial charge in [-0.1, -0.05) is 23.8 Å². The van der Waals surface area contributed by atoms with E-state index in [2.05, 4.69) is 14.9 Å². The molecule has 0 saturated carbocycles. The van der Waals surface area contributed by atoms with Crippen LogP contribution in [-0.4, -0.2) is 45.4 Å². The normalized spacial score (nSPS) is 14.8. The number of anilines is 1. The van der Waals surface area contributed by atoms with Crippen LogP contribution in [0.2, 0.25) is 0 Å². The molecule has 3 rings (SSSR count). The average Bonchev–Trinajstić information content (AvgIpc) is 3.19. The van der Waals surface area contributed by atoms with Gasteiger partial charge >= 0.3 is 0 Å². The van der Waals surface area contributed by atoms with E-state index < -0.39 is 10.0 Å². The molecular formula is C21H27N3O3S. The Kier molecular flexibility index (Phi) is 6.70. The number of carbonyl (C=O) groups excluding carboxylic acids is 1. The van der Waals surface area contributed by atoms with Crippen LogP contribution in [0.15, 0.2) is 53.4 Å². The second-order valence-electron chi connectivity index (χ2n) is 7.16. The van der Waals surface area contributed by atoms with Gasteiger partial charge in [-0.15, -0.1) is 0 Å². The van der Waals surface area contributed by atoms with Crippen molar-refractivity contribution in [1.82, 2.24) is 10.2 Å². The summed E-state index contributed by atoms with van der Waals surface area (Å²) in [6, 6.07) is 13.2. The first-order chi connectivity index (χ1) is 13.4. The summed E-state index contributed by atoms with van der Waals surface area (Å²) in [6.45, 7) is 5.80. The van der Waals surface area contributed by atoms with Gasteiger partial charge in [0.15, 0.2) is 0 Å². The van der Waals surface area contributed by atoms with E-state index >= 15 is 0 Å². The Labute approximate surface area is 167 Å². The van der Waals surface area contributed by atoms with E-state index in [-0.39, 0.29) is 10.8 Å². The lowest BCUT2D eigenvalue weighted by Gasteiger charge is -2.14. The van der Waals surface area contributed by atoms with E-state index in [1.807, 2.05) is 6.92 Å². The number of nitrogens with one attached hydrogen (secondary N) is 2. The summed E-state index contributed by atoms with van der Waals surface area (Å²) >= 11 is 0. The van der Waals surface area contributed by atoms with Crippen LogP contribution in [0.1, 0.15) is 35.2 Å². The highest BCUT2D eigenvalue weighted by Gasteiger charge is 2.15. The Balaban J connectivity index is 1.56. The molecule has 2 N–H and O–H groups in total. The zero-order chi connectivity index (χ0) is 20.0. The van der Waals surface area contributed by atoms with Crippen LogP contribution in [0.4, 0.5) is 5.69 Å². The van der Waals surface area contributed by atoms with Gasteiger partial charge in [0.05, 0.1) is 4.90 Å². The van der Waals surface area contributed by atoms with Gasteiger partial charge in [0.1, 0.15) is 0 Å². The molecule has 150 valence electrons. The second-order valence-corrected chi connectivity index (χ2v) is 8.84. The quantitative estimate of drug-likeness (QED) is 0.667. The molecule has 28 heavy (non-hydrogen) atoms. The van der Waals surface area contributed by atoms with Crippen molar-refractivity contribution >= 4 is 21.6 Å². The van der Waals surface area contributed by atoms with E-state index in [1.54, 1.807) is 48.5 Å². The molecule has 0 radical (unpaired) electrons. The minimum Gasteiger partial charge on any atom is -0.352 e. The maximum Gasteiger partial charge on any atom is 0.261 e. The highest BCUT2D eigenvalue weighted by atomic mass is 32.2. The first-order valence-electron chi connectivity index (χ1n) is 9.64. The maximum absolute atomic E-state index is 12.5. The third-order valence-electron chi connectivity index (χ3n) is 4.84. The van der Waals surface area contributed by atoms with E-state index in [9.17, 15) is 13.2 Å². The van der Waals surface area contributed by atoms with Gasteiger partial charge in [-0.25, -0.2) is 8.42 Å². The molecule has 1 amide bonds. The second kappa shape index (κ2) is 9.21. The predicted octanol–water partition coefficient (Wildman–Crippen LogP) is 3.01. The third-order valence-corrected chi connectivity index (χ3v) is 6.24. The zero-order valence-electron chi connectivity index (χ0n) is 16.1. The van der Waals surface area contributed by atoms with Crippen LogP contribution in [0, 0.1) is 6.92 Å². The summed E-state index contributed by atoms with van der Waals surface area (Å²) in [4.78, 5) is 15.0. The number of sulfonamides is 1. The molecule has 1 heterocycles. The third kappa shape index (κ3) is 5.56. The topological polar surface area (TPSA) is 78.5 Å². The summed E-state index contributed by atoms with van der Waals surface area (Å²) in [7, 11) is -3.69. The van der Waals surface area contributed by atoms with Crippen molar-refractivity contribution in [2.24, 2.45) is 0 Å². The van der Waals surface area contributed by atoms with Crippen molar-refractivity contribution in [3.63, 3.8) is 0 Å². The zero-order valence-corrected chi connectivity index (χ0v) is 17.0. The molecule has 1 aliphatic heterocycles. The number of carbonyl (C=O) groups is 1. The molecule has 1 saturated heterocycles. The highest BCUT2D eigenvalue weighted by Crippen LogP contribution is 2.18. The molecule has 0 bridgehead atoms. The number of hydrogen-bond donors (Lipinski definition) is 2. The fraction of sp³-hybridized carbons (Fsp3) is 0.381. The number of aryl methyl sites for hydroxylation is 1. The maximum atomic E-state index is 12.5. The predicted molar refractivity (Wildman–Crippen MR) is 111 cm³/mol. The van der Waals surface area contributed by atoms with Crippen molar-refractivity contribution in [3.05, 3.63) is 59.7 Å². The Morgan fingerprint density at radius 1 is 1.07 bits per heavy atom. The van der Waals surface area contributed by atoms with Crippen LogP contribution < -0.4 is 10.0 Å². The number of hydrogen-bond acceptors (Lipinski definition) is 4. The molecule has 1 fully saturated rings. The first kappa shape index (κ1) is 20.4. The highest BCUT2D eigenvalue weighted by molar-refractivity contribution is 7.92. The van der Waals surface area contributed by atoms with Crippen molar-refractivity contribution in [3.8, 4) is 0 Å². The average molecular weight is 402 g/mol. The summed E-state index contributed by atoms with van der Waals surface area (Å²) < 4.78 is 27.6. The summed E-state index contributed by atoms with van der Waals surface area (Å²) in [5, 5.41) is 2.91. The summed E-state index contributed by atoms with van der Waals surface area (Å²) in [6.07, 6.45) is 3.43. The van der Waals surface area contributed by atoms with Crippen LogP contribution in [0.25, 0.3) is 0 Å². The van der Waals surface area contributed by atoms with E-state index in [0.717, 1.165) is 31.6 Å². The van der Waals surface area contributed by atoms with Gasteiger partial charge in [0.2, 0.25) is 0 Å². The van der Waals surface area contributed by atoms with Crippen LogP contribution in [0.5, 0.6) is 0 Å². The van der Waals surface area contributed by atoms with Gasteiger partial charge in [-0.05, 0) is 76.2 Å². The molecule has 1 aliphatic rings. The Morgan fingerprint density at radius 3 is 2.50 bits per heavy atom. The van der Waals surface area contributed by atoms with E-state index in [4.69, 9.17) is 0 Å². The monoisotopic (exact) mass is 401 g/mol. The first-order valence-corrected chi connectivity index (χ1v) is 11.1. The molecule has 2 aromatic carbocycles. The minimum absolute atomic E-state index is 0.190. The van der Waals surface area contributed by atoms with Gasteiger partial charge in [0.25, 0.3) is 15.9 Å². The van der Waals surface area contributed by atoms with Crippen LogP contribution in [0.3, 0.4) is 0 Å². The number of nitrogens with zero attached hydrogens (tertiary/aromatic N) is 1. The Bertz CT molecular complexity index is 905. The molecule has 0 spiro atoms. The largest absolute Gasteiger partial charge is 0.352 e. The van der Waals surface area contributed by atoms with Crippen molar-refractivity contribution in [2.45, 2.75) is 31.1 Å². The standard InChI is InChI=1S/C21H27N3O3S/c1-17-8-10-20(11-9-17)28(26,27)23-19-7-4-6-18(16-19)21(25)22-12-5-15-24-13-2-3-14-24/h4,6-11,16,23H,2-3,5,12-15H2,1H3,(H,22,25). The SMILES string of the molecule is Cc1ccc(S(=O)(=O)Nc2cccc(C(=O)NCCCN3CCCC3)c2)cc1. The molecule has 0 atom stereocenters. The molecule has 6 nitrogen and oxygen atoms in total. The molecule has 0 aliphatic carbocycles. The van der Waals surface area contributed by atoms with E-state index in [1.165, 1.54) is 12.8 Å². The van der Waals surface area contributed by atoms with Crippen molar-refractivity contribution in [2.75, 3.05) is 30.9 Å². The van der Waals surface area contributed by atoms with Crippen LogP contribution in [-0.2, 0) is 10.0 Å². The summed E-state index contributed by atoms with van der Waals surface area (Å²) in [5.74, 6) is -0.196. The lowest BCUT2D eigenvalue weighted by molar-refractivity contribution is 0.0952.